The number of phosphoric ester groups is 1. The summed E-state index contributed by atoms with van der Waals surface area (Å²) in [7, 11) is 1.31. The molecule has 1 amide bonds. The summed E-state index contributed by atoms with van der Waals surface area (Å²) >= 11 is 0. The molecular weight excluding hydrogens is 623 g/mol. The Morgan fingerprint density at radius 1 is 0.646 bits per heavy atom. The van der Waals surface area contributed by atoms with E-state index in [2.05, 4.69) is 19.2 Å². The Labute approximate surface area is 298 Å². The summed E-state index contributed by atoms with van der Waals surface area (Å²) in [6, 6.07) is -0.790. The number of nitrogens with one attached hydrogen (secondary N) is 1. The Kier molecular flexibility index (Phi) is 32.1. The third kappa shape index (κ3) is 34.0. The number of rotatable bonds is 37. The highest BCUT2D eigenvalue weighted by Gasteiger charge is 2.24. The van der Waals surface area contributed by atoms with Crippen molar-refractivity contribution in [2.75, 3.05) is 40.9 Å². The molecule has 0 aliphatic heterocycles. The quantitative estimate of drug-likeness (QED) is 0.0379. The Morgan fingerprint density at radius 3 is 1.42 bits per heavy atom. The molecule has 8 nitrogen and oxygen atoms in total. The summed E-state index contributed by atoms with van der Waals surface area (Å²) in [5, 5.41) is 13.8. The van der Waals surface area contributed by atoms with Gasteiger partial charge in [0.05, 0.1) is 39.9 Å². The number of amides is 1. The maximum Gasteiger partial charge on any atom is 0.268 e. The van der Waals surface area contributed by atoms with E-state index in [-0.39, 0.29) is 19.1 Å². The molecule has 2 N–H and O–H groups in total. The second-order valence-electron chi connectivity index (χ2n) is 15.4. The fourth-order valence-corrected chi connectivity index (χ4v) is 6.76. The van der Waals surface area contributed by atoms with Crippen LogP contribution in [0.15, 0.2) is 0 Å². The van der Waals surface area contributed by atoms with Gasteiger partial charge in [-0.25, -0.2) is 0 Å². The summed E-state index contributed by atoms with van der Waals surface area (Å²) in [5.74, 6) is -0.167. The SMILES string of the molecule is CCCCCCCCCCCCCCCCCCC[C@@H](O)[C@H](COP(=O)([O-])OCC[N+](C)(C)C)NC(=O)CCCCCCCCCCC. The molecule has 1 unspecified atom stereocenters. The number of carbonyl (C=O) groups is 1. The molecule has 0 radical (unpaired) electrons. The van der Waals surface area contributed by atoms with Gasteiger partial charge in [0.25, 0.3) is 7.82 Å². The molecule has 0 aromatic carbocycles. The van der Waals surface area contributed by atoms with Crippen molar-refractivity contribution in [1.29, 1.82) is 0 Å². The maximum atomic E-state index is 12.7. The van der Waals surface area contributed by atoms with Crippen LogP contribution in [0, 0.1) is 0 Å². The molecule has 0 rings (SSSR count). The monoisotopic (exact) mass is 705 g/mol. The summed E-state index contributed by atoms with van der Waals surface area (Å²) in [6.07, 6.45) is 32.5. The highest BCUT2D eigenvalue weighted by atomic mass is 31.2. The van der Waals surface area contributed by atoms with Crippen molar-refractivity contribution >= 4 is 13.7 Å². The first-order valence-corrected chi connectivity index (χ1v) is 21.8. The molecule has 0 aliphatic carbocycles. The molecule has 0 saturated carbocycles. The van der Waals surface area contributed by atoms with Gasteiger partial charge in [-0.3, -0.25) is 9.36 Å². The summed E-state index contributed by atoms with van der Waals surface area (Å²) in [4.78, 5) is 25.1. The minimum absolute atomic E-state index is 0.0156. The van der Waals surface area contributed by atoms with Crippen molar-refractivity contribution in [1.82, 2.24) is 5.32 Å². The number of hydrogen-bond donors (Lipinski definition) is 2. The second kappa shape index (κ2) is 32.4. The third-order valence-corrected chi connectivity index (χ3v) is 10.3. The van der Waals surface area contributed by atoms with Crippen LogP contribution in [0.25, 0.3) is 0 Å². The van der Waals surface area contributed by atoms with E-state index in [1.807, 2.05) is 21.1 Å². The van der Waals surface area contributed by atoms with Crippen molar-refractivity contribution < 1.29 is 32.9 Å². The number of phosphoric acid groups is 1. The van der Waals surface area contributed by atoms with Crippen LogP contribution in [0.3, 0.4) is 0 Å². The van der Waals surface area contributed by atoms with E-state index in [0.717, 1.165) is 38.5 Å². The van der Waals surface area contributed by atoms with Crippen molar-refractivity contribution in [3.05, 3.63) is 0 Å². The van der Waals surface area contributed by atoms with Crippen LogP contribution in [0.4, 0.5) is 0 Å². The maximum absolute atomic E-state index is 12.7. The third-order valence-electron chi connectivity index (χ3n) is 9.35. The lowest BCUT2D eigenvalue weighted by molar-refractivity contribution is -0.870. The van der Waals surface area contributed by atoms with Crippen LogP contribution < -0.4 is 10.2 Å². The number of unbranched alkanes of at least 4 members (excludes halogenated alkanes) is 24. The van der Waals surface area contributed by atoms with Gasteiger partial charge in [-0.05, 0) is 12.8 Å². The van der Waals surface area contributed by atoms with Gasteiger partial charge in [-0.1, -0.05) is 174 Å². The van der Waals surface area contributed by atoms with Crippen molar-refractivity contribution in [2.24, 2.45) is 0 Å². The fraction of sp³-hybridized carbons (Fsp3) is 0.974. The zero-order valence-corrected chi connectivity index (χ0v) is 33.4. The van der Waals surface area contributed by atoms with E-state index < -0.39 is 20.0 Å². The lowest BCUT2D eigenvalue weighted by atomic mass is 10.0. The lowest BCUT2D eigenvalue weighted by Crippen LogP contribution is -2.46. The second-order valence-corrected chi connectivity index (χ2v) is 16.8. The van der Waals surface area contributed by atoms with Crippen LogP contribution in [0.1, 0.15) is 194 Å². The van der Waals surface area contributed by atoms with Gasteiger partial charge in [0, 0.05) is 6.42 Å². The van der Waals surface area contributed by atoms with Crippen molar-refractivity contribution in [3.8, 4) is 0 Å². The molecule has 48 heavy (non-hydrogen) atoms. The molecule has 0 aromatic rings. The Balaban J connectivity index is 4.34. The number of likely N-dealkylation sites (N-methyl/N-ethyl adjacent to an activating group) is 1. The summed E-state index contributed by atoms with van der Waals surface area (Å²) in [6.45, 7) is 4.70. The van der Waals surface area contributed by atoms with E-state index in [9.17, 15) is 19.4 Å². The van der Waals surface area contributed by atoms with E-state index in [1.165, 1.54) is 128 Å². The first kappa shape index (κ1) is 47.5. The molecule has 0 fully saturated rings. The molecule has 0 bridgehead atoms. The van der Waals surface area contributed by atoms with Crippen LogP contribution in [-0.2, 0) is 18.4 Å². The molecular formula is C39H81N2O6P. The van der Waals surface area contributed by atoms with E-state index in [0.29, 0.717) is 23.9 Å². The first-order valence-electron chi connectivity index (χ1n) is 20.4. The van der Waals surface area contributed by atoms with E-state index in [1.54, 1.807) is 0 Å². The number of hydrogen-bond acceptors (Lipinski definition) is 6. The van der Waals surface area contributed by atoms with Crippen LogP contribution in [0.5, 0.6) is 0 Å². The molecule has 0 spiro atoms. The first-order chi connectivity index (χ1) is 23.0. The molecule has 9 heteroatoms. The van der Waals surface area contributed by atoms with Crippen LogP contribution in [-0.4, -0.2) is 68.5 Å². The summed E-state index contributed by atoms with van der Waals surface area (Å²) < 4.78 is 23.2. The van der Waals surface area contributed by atoms with Gasteiger partial charge >= 0.3 is 0 Å². The van der Waals surface area contributed by atoms with Gasteiger partial charge in [0.15, 0.2) is 0 Å². The Bertz CT molecular complexity index is 763. The predicted molar refractivity (Wildman–Crippen MR) is 201 cm³/mol. The van der Waals surface area contributed by atoms with Crippen LogP contribution in [0.2, 0.25) is 0 Å². The van der Waals surface area contributed by atoms with E-state index in [4.69, 9.17) is 9.05 Å². The molecule has 0 aliphatic rings. The van der Waals surface area contributed by atoms with Gasteiger partial charge in [-0.15, -0.1) is 0 Å². The minimum atomic E-state index is -4.55. The average Bonchev–Trinajstić information content (AvgIpc) is 3.02. The highest BCUT2D eigenvalue weighted by molar-refractivity contribution is 7.45. The van der Waals surface area contributed by atoms with Crippen molar-refractivity contribution in [2.45, 2.75) is 206 Å². The minimum Gasteiger partial charge on any atom is -0.756 e. The van der Waals surface area contributed by atoms with Gasteiger partial charge in [0.1, 0.15) is 13.2 Å². The van der Waals surface area contributed by atoms with Crippen LogP contribution >= 0.6 is 7.82 Å². The van der Waals surface area contributed by atoms with Gasteiger partial charge in [0.2, 0.25) is 5.91 Å². The summed E-state index contributed by atoms with van der Waals surface area (Å²) in [5.41, 5.74) is 0. The molecule has 0 aromatic heterocycles. The molecule has 288 valence electrons. The Morgan fingerprint density at radius 2 is 1.02 bits per heavy atom. The van der Waals surface area contributed by atoms with Gasteiger partial charge in [-0.2, -0.15) is 0 Å². The highest BCUT2D eigenvalue weighted by Crippen LogP contribution is 2.38. The Hall–Kier alpha value is -0.500. The zero-order chi connectivity index (χ0) is 35.8. The predicted octanol–water partition coefficient (Wildman–Crippen LogP) is 10.0. The number of aliphatic hydroxyl groups excluding tert-OH is 1. The number of carbonyl (C=O) groups excluding carboxylic acids is 1. The van der Waals surface area contributed by atoms with Gasteiger partial charge < -0.3 is 28.8 Å². The molecule has 0 heterocycles. The normalized spacial score (nSPS) is 14.6. The topological polar surface area (TPSA) is 108 Å². The molecule has 3 atom stereocenters. The number of nitrogens with zero attached hydrogens (tertiary/aromatic N) is 1. The smallest absolute Gasteiger partial charge is 0.268 e. The average molecular weight is 705 g/mol. The fourth-order valence-electron chi connectivity index (χ4n) is 6.04. The van der Waals surface area contributed by atoms with E-state index >= 15 is 0 Å². The molecule has 0 saturated heterocycles. The number of aliphatic hydroxyl groups is 1. The van der Waals surface area contributed by atoms with Crippen molar-refractivity contribution in [3.63, 3.8) is 0 Å². The standard InChI is InChI=1S/C39H81N2O6P/c1-6-8-10-12-14-16-17-18-19-20-21-22-23-25-26-28-30-32-38(42)37(36-47-48(44,45)46-35-34-41(3,4)5)40-39(43)33-31-29-27-24-15-13-11-9-7-2/h37-38,42H,6-36H2,1-5H3,(H-,40,43,44,45)/t37-,38+/m0/s1. The number of quaternary nitrogens is 1. The zero-order valence-electron chi connectivity index (χ0n) is 32.5. The largest absolute Gasteiger partial charge is 0.756 e. The lowest BCUT2D eigenvalue weighted by Gasteiger charge is -2.30.